The third kappa shape index (κ3) is 6.81. The second-order valence-electron chi connectivity index (χ2n) is 7.99. The van der Waals surface area contributed by atoms with Crippen LogP contribution in [0, 0.1) is 5.92 Å². The molecule has 0 saturated heterocycles. The van der Waals surface area contributed by atoms with E-state index in [4.69, 9.17) is 4.74 Å². The molecular weight excluding hydrogens is 400 g/mol. The van der Waals surface area contributed by atoms with E-state index >= 15 is 0 Å². The van der Waals surface area contributed by atoms with Gasteiger partial charge in [0.25, 0.3) is 0 Å². The van der Waals surface area contributed by atoms with Gasteiger partial charge < -0.3 is 9.84 Å². The Morgan fingerprint density at radius 3 is 2.09 bits per heavy atom. The van der Waals surface area contributed by atoms with Gasteiger partial charge >= 0.3 is 5.97 Å². The molecule has 0 aliphatic rings. The van der Waals surface area contributed by atoms with E-state index in [-0.39, 0.29) is 12.2 Å². The number of hydrogen-bond acceptors (Lipinski definition) is 3. The summed E-state index contributed by atoms with van der Waals surface area (Å²) in [4.78, 5) is 24.4. The van der Waals surface area contributed by atoms with Crippen molar-refractivity contribution in [2.45, 2.75) is 39.0 Å². The van der Waals surface area contributed by atoms with Gasteiger partial charge in [-0.25, -0.2) is 0 Å². The standard InChI is InChI=1S/C28H30O4/c1-2-3-19-32-26-17-15-23(16-18-26)22-11-13-24(14-12-22)27(29)20-25(28(30)31)10-9-21-7-5-4-6-8-21/h4-8,11-18,25H,2-3,9-10,19-20H2,1H3,(H,30,31). The molecule has 0 saturated carbocycles. The van der Waals surface area contributed by atoms with Crippen molar-refractivity contribution < 1.29 is 19.4 Å². The highest BCUT2D eigenvalue weighted by atomic mass is 16.5. The lowest BCUT2D eigenvalue weighted by Crippen LogP contribution is -2.19. The van der Waals surface area contributed by atoms with Crippen molar-refractivity contribution in [2.24, 2.45) is 5.92 Å². The summed E-state index contributed by atoms with van der Waals surface area (Å²) in [6, 6.07) is 25.0. The molecular formula is C28H30O4. The van der Waals surface area contributed by atoms with Crippen LogP contribution in [-0.4, -0.2) is 23.5 Å². The SMILES string of the molecule is CCCCOc1ccc(-c2ccc(C(=O)CC(CCc3ccccc3)C(=O)O)cc2)cc1. The van der Waals surface area contributed by atoms with E-state index in [2.05, 4.69) is 6.92 Å². The number of carbonyl (C=O) groups excluding carboxylic acids is 1. The number of hydrogen-bond donors (Lipinski definition) is 1. The Morgan fingerprint density at radius 2 is 1.50 bits per heavy atom. The Balaban J connectivity index is 1.59. The van der Waals surface area contributed by atoms with Crippen LogP contribution in [0.4, 0.5) is 0 Å². The maximum Gasteiger partial charge on any atom is 0.306 e. The molecule has 1 N–H and O–H groups in total. The molecule has 3 rings (SSSR count). The summed E-state index contributed by atoms with van der Waals surface area (Å²) >= 11 is 0. The number of unbranched alkanes of at least 4 members (excludes halogenated alkanes) is 1. The van der Waals surface area contributed by atoms with Crippen LogP contribution >= 0.6 is 0 Å². The van der Waals surface area contributed by atoms with Gasteiger partial charge in [0.2, 0.25) is 0 Å². The highest BCUT2D eigenvalue weighted by molar-refractivity contribution is 5.98. The van der Waals surface area contributed by atoms with Crippen LogP contribution in [0.3, 0.4) is 0 Å². The predicted octanol–water partition coefficient (Wildman–Crippen LogP) is 6.44. The van der Waals surface area contributed by atoms with Gasteiger partial charge in [-0.1, -0.05) is 80.1 Å². The van der Waals surface area contributed by atoms with E-state index in [0.29, 0.717) is 18.4 Å². The summed E-state index contributed by atoms with van der Waals surface area (Å²) in [6.45, 7) is 2.85. The van der Waals surface area contributed by atoms with Gasteiger partial charge in [-0.3, -0.25) is 9.59 Å². The highest BCUT2D eigenvalue weighted by Crippen LogP contribution is 2.24. The molecule has 0 radical (unpaired) electrons. The number of aliphatic carboxylic acids is 1. The van der Waals surface area contributed by atoms with E-state index < -0.39 is 11.9 Å². The Bertz CT molecular complexity index is 992. The fraction of sp³-hybridized carbons (Fsp3) is 0.286. The van der Waals surface area contributed by atoms with Crippen molar-refractivity contribution in [1.82, 2.24) is 0 Å². The minimum atomic E-state index is -0.924. The van der Waals surface area contributed by atoms with Crippen molar-refractivity contribution in [3.05, 3.63) is 90.0 Å². The largest absolute Gasteiger partial charge is 0.494 e. The van der Waals surface area contributed by atoms with Crippen molar-refractivity contribution in [2.75, 3.05) is 6.61 Å². The number of Topliss-reactive ketones (excluding diaryl/α,β-unsaturated/α-hetero) is 1. The summed E-state index contributed by atoms with van der Waals surface area (Å²) in [7, 11) is 0. The minimum absolute atomic E-state index is 0.00527. The number of benzene rings is 3. The first-order chi connectivity index (χ1) is 15.6. The first-order valence-electron chi connectivity index (χ1n) is 11.2. The zero-order valence-electron chi connectivity index (χ0n) is 18.5. The van der Waals surface area contributed by atoms with Crippen LogP contribution in [0.15, 0.2) is 78.9 Å². The Morgan fingerprint density at radius 1 is 0.875 bits per heavy atom. The number of carboxylic acids is 1. The molecule has 0 aromatic heterocycles. The molecule has 3 aromatic rings. The summed E-state index contributed by atoms with van der Waals surface area (Å²) < 4.78 is 5.70. The third-order valence-corrected chi connectivity index (χ3v) is 5.57. The fourth-order valence-electron chi connectivity index (χ4n) is 3.57. The van der Waals surface area contributed by atoms with E-state index in [1.807, 2.05) is 66.7 Å². The van der Waals surface area contributed by atoms with Crippen LogP contribution in [0.25, 0.3) is 11.1 Å². The maximum absolute atomic E-state index is 12.7. The van der Waals surface area contributed by atoms with Gasteiger partial charge in [0.05, 0.1) is 12.5 Å². The summed E-state index contributed by atoms with van der Waals surface area (Å²) in [6.07, 6.45) is 3.22. The molecule has 4 heteroatoms. The molecule has 166 valence electrons. The molecule has 32 heavy (non-hydrogen) atoms. The molecule has 0 amide bonds. The first-order valence-corrected chi connectivity index (χ1v) is 11.2. The zero-order chi connectivity index (χ0) is 22.8. The number of ketones is 1. The number of carboxylic acid groups (broad SMARTS) is 1. The van der Waals surface area contributed by atoms with Gasteiger partial charge in [0.15, 0.2) is 5.78 Å². The molecule has 0 spiro atoms. The molecule has 0 aliphatic heterocycles. The molecule has 0 heterocycles. The van der Waals surface area contributed by atoms with Crippen LogP contribution in [0.5, 0.6) is 5.75 Å². The highest BCUT2D eigenvalue weighted by Gasteiger charge is 2.22. The number of ether oxygens (including phenoxy) is 1. The first kappa shape index (κ1) is 23.3. The molecule has 0 aliphatic carbocycles. The maximum atomic E-state index is 12.7. The van der Waals surface area contributed by atoms with Crippen LogP contribution in [0.1, 0.15) is 48.5 Å². The van der Waals surface area contributed by atoms with Crippen molar-refractivity contribution in [3.63, 3.8) is 0 Å². The summed E-state index contributed by atoms with van der Waals surface area (Å²) in [5, 5.41) is 9.57. The second kappa shape index (κ2) is 11.8. The number of rotatable bonds is 12. The Hall–Kier alpha value is -3.40. The third-order valence-electron chi connectivity index (χ3n) is 5.57. The number of aryl methyl sites for hydroxylation is 1. The quantitative estimate of drug-likeness (QED) is 0.265. The van der Waals surface area contributed by atoms with E-state index in [1.165, 1.54) is 0 Å². The van der Waals surface area contributed by atoms with Crippen LogP contribution < -0.4 is 4.74 Å². The van der Waals surface area contributed by atoms with Crippen LogP contribution in [-0.2, 0) is 11.2 Å². The van der Waals surface area contributed by atoms with E-state index in [9.17, 15) is 14.7 Å². The molecule has 1 atom stereocenters. The monoisotopic (exact) mass is 430 g/mol. The van der Waals surface area contributed by atoms with Gasteiger partial charge in [-0.05, 0) is 48.1 Å². The Labute approximate surface area is 189 Å². The minimum Gasteiger partial charge on any atom is -0.494 e. The molecule has 0 bridgehead atoms. The van der Waals surface area contributed by atoms with Gasteiger partial charge in [-0.2, -0.15) is 0 Å². The van der Waals surface area contributed by atoms with E-state index in [0.717, 1.165) is 41.9 Å². The zero-order valence-corrected chi connectivity index (χ0v) is 18.5. The van der Waals surface area contributed by atoms with Crippen molar-refractivity contribution >= 4 is 11.8 Å². The van der Waals surface area contributed by atoms with E-state index in [1.54, 1.807) is 12.1 Å². The molecule has 1 unspecified atom stereocenters. The molecule has 0 fully saturated rings. The fourth-order valence-corrected chi connectivity index (χ4v) is 3.57. The van der Waals surface area contributed by atoms with Crippen LogP contribution in [0.2, 0.25) is 0 Å². The smallest absolute Gasteiger partial charge is 0.306 e. The lowest BCUT2D eigenvalue weighted by molar-refractivity contribution is -0.141. The average molecular weight is 431 g/mol. The van der Waals surface area contributed by atoms with Crippen molar-refractivity contribution in [3.8, 4) is 16.9 Å². The van der Waals surface area contributed by atoms with Crippen molar-refractivity contribution in [1.29, 1.82) is 0 Å². The lowest BCUT2D eigenvalue weighted by atomic mass is 9.92. The predicted molar refractivity (Wildman–Crippen MR) is 127 cm³/mol. The normalized spacial score (nSPS) is 11.7. The topological polar surface area (TPSA) is 63.6 Å². The molecule has 3 aromatic carbocycles. The average Bonchev–Trinajstić information content (AvgIpc) is 2.83. The summed E-state index contributed by atoms with van der Waals surface area (Å²) in [5.74, 6) is -0.907. The van der Waals surface area contributed by atoms with Gasteiger partial charge in [0.1, 0.15) is 5.75 Å². The molecule has 4 nitrogen and oxygen atoms in total. The van der Waals surface area contributed by atoms with Gasteiger partial charge in [-0.15, -0.1) is 0 Å². The second-order valence-corrected chi connectivity index (χ2v) is 7.99. The Kier molecular flexibility index (Phi) is 8.61. The summed E-state index contributed by atoms with van der Waals surface area (Å²) in [5.41, 5.74) is 3.66. The van der Waals surface area contributed by atoms with Gasteiger partial charge in [0, 0.05) is 12.0 Å². The lowest BCUT2D eigenvalue weighted by Gasteiger charge is -2.12. The number of carbonyl (C=O) groups is 2.